The number of carboxylic acids is 2. The van der Waals surface area contributed by atoms with Gasteiger partial charge in [0, 0.05) is 38.8 Å². The summed E-state index contributed by atoms with van der Waals surface area (Å²) in [7, 11) is 1.67. The minimum Gasteiger partial charge on any atom is -0.481 e. The van der Waals surface area contributed by atoms with Crippen molar-refractivity contribution in [1.82, 2.24) is 16.0 Å². The van der Waals surface area contributed by atoms with Crippen molar-refractivity contribution < 1.29 is 53.6 Å². The van der Waals surface area contributed by atoms with Crippen molar-refractivity contribution in [2.75, 3.05) is 46.6 Å². The largest absolute Gasteiger partial charge is 0.481 e. The van der Waals surface area contributed by atoms with Crippen LogP contribution in [0.1, 0.15) is 148 Å². The fourth-order valence-electron chi connectivity index (χ4n) is 5.72. The van der Waals surface area contributed by atoms with Crippen LogP contribution < -0.4 is 16.0 Å². The number of carboxylic acid groups (broad SMARTS) is 2. The van der Waals surface area contributed by atoms with Gasteiger partial charge in [-0.05, 0) is 52.0 Å². The Bertz CT molecular complexity index is 980. The number of unbranched alkanes of at least 4 members (excludes halogenated alkanes) is 14. The van der Waals surface area contributed by atoms with Crippen molar-refractivity contribution >= 4 is 35.3 Å². The van der Waals surface area contributed by atoms with E-state index in [1.807, 2.05) is 0 Å². The summed E-state index contributed by atoms with van der Waals surface area (Å²) in [4.78, 5) is 70.0. The van der Waals surface area contributed by atoms with E-state index in [9.17, 15) is 33.9 Å². The van der Waals surface area contributed by atoms with E-state index in [-0.39, 0.29) is 81.3 Å². The third kappa shape index (κ3) is 31.8. The van der Waals surface area contributed by atoms with E-state index >= 15 is 0 Å². The van der Waals surface area contributed by atoms with Crippen LogP contribution in [0.15, 0.2) is 0 Å². The number of hydrogen-bond donors (Lipinski definition) is 6. The molecule has 0 spiro atoms. The van der Waals surface area contributed by atoms with Gasteiger partial charge in [0.1, 0.15) is 25.0 Å². The van der Waals surface area contributed by atoms with E-state index in [2.05, 4.69) is 16.0 Å². The second-order valence-corrected chi connectivity index (χ2v) is 13.5. The van der Waals surface area contributed by atoms with Crippen LogP contribution in [0, 0.1) is 0 Å². The first-order valence-electron chi connectivity index (χ1n) is 19.6. The zero-order chi connectivity index (χ0) is 38.7. The lowest BCUT2D eigenvalue weighted by molar-refractivity contribution is -0.142. The molecule has 0 aliphatic carbocycles. The monoisotopic (exact) mass is 743 g/mol. The molecule has 2 atom stereocenters. The van der Waals surface area contributed by atoms with E-state index in [1.165, 1.54) is 44.9 Å². The van der Waals surface area contributed by atoms with Gasteiger partial charge < -0.3 is 40.7 Å². The van der Waals surface area contributed by atoms with Crippen LogP contribution >= 0.6 is 0 Å². The fourth-order valence-corrected chi connectivity index (χ4v) is 5.72. The highest BCUT2D eigenvalue weighted by Gasteiger charge is 2.21. The Kier molecular flexibility index (Phi) is 33.1. The van der Waals surface area contributed by atoms with Crippen LogP contribution in [-0.4, -0.2) is 109 Å². The lowest BCUT2D eigenvalue weighted by atomic mass is 10.0. The second kappa shape index (κ2) is 35.1. The number of carbonyl (C=O) groups excluding carboxylic acids is 4. The van der Waals surface area contributed by atoms with Crippen molar-refractivity contribution in [3.8, 4) is 0 Å². The molecule has 0 aromatic heterocycles. The number of carbonyl (C=O) groups is 6. The van der Waals surface area contributed by atoms with Crippen LogP contribution in [0.3, 0.4) is 0 Å². The summed E-state index contributed by atoms with van der Waals surface area (Å²) in [5, 5.41) is 35.2. The molecule has 2 amide bonds. The average Bonchev–Trinajstić information content (AvgIpc) is 3.11. The first-order chi connectivity index (χ1) is 25.1. The fraction of sp³-hybridized carbons (Fsp3) is 0.842. The van der Waals surface area contributed by atoms with Crippen molar-refractivity contribution in [2.45, 2.75) is 160 Å². The molecular formula is C38H69N3O11. The third-order valence-electron chi connectivity index (χ3n) is 8.87. The van der Waals surface area contributed by atoms with Crippen molar-refractivity contribution in [1.29, 1.82) is 0 Å². The van der Waals surface area contributed by atoms with Crippen molar-refractivity contribution in [2.24, 2.45) is 0 Å². The first-order valence-corrected chi connectivity index (χ1v) is 19.6. The standard InChI is InChI=1S/C38H69N3O11/c1-39-32(34(44)29-42)20-16-17-25-40-36(46)30-52-28-27-51-26-18-19-31(43)23-24-33(38(49)50)41-35(45)21-14-12-10-8-6-4-2-3-5-7-9-11-13-15-22-37(47)48/h32-33,39,42H,2-30H2,1H3,(H,40,46)(H,41,45)(H,47,48)(H,49,50)/t32-,33-/m0/s1. The second-order valence-electron chi connectivity index (χ2n) is 13.5. The molecule has 0 rings (SSSR count). The van der Waals surface area contributed by atoms with Gasteiger partial charge in [0.2, 0.25) is 11.8 Å². The van der Waals surface area contributed by atoms with E-state index in [4.69, 9.17) is 19.7 Å². The highest BCUT2D eigenvalue weighted by molar-refractivity contribution is 5.85. The summed E-state index contributed by atoms with van der Waals surface area (Å²) in [6.45, 7) is 0.674. The van der Waals surface area contributed by atoms with E-state index in [0.29, 0.717) is 38.8 Å². The minimum absolute atomic E-state index is 0.0450. The van der Waals surface area contributed by atoms with Gasteiger partial charge in [0.15, 0.2) is 5.78 Å². The van der Waals surface area contributed by atoms with Crippen LogP contribution in [0.4, 0.5) is 0 Å². The molecule has 0 fully saturated rings. The lowest BCUT2D eigenvalue weighted by Crippen LogP contribution is -2.41. The molecule has 0 aliphatic rings. The number of ketones is 2. The molecule has 0 aromatic rings. The number of aliphatic carboxylic acids is 2. The van der Waals surface area contributed by atoms with E-state index < -0.39 is 24.6 Å². The molecule has 0 saturated carbocycles. The summed E-state index contributed by atoms with van der Waals surface area (Å²) in [5.74, 6) is -2.76. The van der Waals surface area contributed by atoms with Gasteiger partial charge in [-0.1, -0.05) is 77.0 Å². The topological polar surface area (TPSA) is 218 Å². The van der Waals surface area contributed by atoms with Crippen LogP contribution in [0.2, 0.25) is 0 Å². The van der Waals surface area contributed by atoms with Gasteiger partial charge in [0.25, 0.3) is 0 Å². The number of likely N-dealkylation sites (N-methyl/N-ethyl adjacent to an activating group) is 1. The number of ether oxygens (including phenoxy) is 2. The SMILES string of the molecule is CN[C@@H](CCCCNC(=O)COCCOCCCC(=O)CC[C@H](NC(=O)CCCCCCCCCCCCCCCCC(=O)O)C(=O)O)C(=O)CO. The summed E-state index contributed by atoms with van der Waals surface area (Å²) < 4.78 is 10.7. The molecule has 14 nitrogen and oxygen atoms in total. The maximum absolute atomic E-state index is 12.3. The van der Waals surface area contributed by atoms with Crippen LogP contribution in [0.25, 0.3) is 0 Å². The molecule has 302 valence electrons. The number of rotatable bonds is 39. The Morgan fingerprint density at radius 3 is 1.65 bits per heavy atom. The zero-order valence-corrected chi connectivity index (χ0v) is 31.8. The predicted molar refractivity (Wildman–Crippen MR) is 198 cm³/mol. The highest BCUT2D eigenvalue weighted by atomic mass is 16.5. The van der Waals surface area contributed by atoms with E-state index in [0.717, 1.165) is 44.9 Å². The molecule has 0 heterocycles. The summed E-state index contributed by atoms with van der Waals surface area (Å²) in [5.41, 5.74) is 0. The number of aliphatic hydroxyl groups is 1. The Balaban J connectivity index is 3.72. The molecule has 0 radical (unpaired) electrons. The predicted octanol–water partition coefficient (Wildman–Crippen LogP) is 4.48. The lowest BCUT2D eigenvalue weighted by Gasteiger charge is -2.14. The summed E-state index contributed by atoms with van der Waals surface area (Å²) in [6, 6.07) is -1.47. The maximum atomic E-state index is 12.3. The molecule has 0 saturated heterocycles. The molecule has 0 bridgehead atoms. The molecule has 0 unspecified atom stereocenters. The number of amides is 2. The number of hydrogen-bond acceptors (Lipinski definition) is 10. The smallest absolute Gasteiger partial charge is 0.326 e. The molecule has 0 aliphatic heterocycles. The van der Waals surface area contributed by atoms with Crippen molar-refractivity contribution in [3.63, 3.8) is 0 Å². The van der Waals surface area contributed by atoms with Gasteiger partial charge in [-0.15, -0.1) is 0 Å². The Hall–Kier alpha value is -2.94. The number of nitrogens with one attached hydrogen (secondary N) is 3. The summed E-state index contributed by atoms with van der Waals surface area (Å²) >= 11 is 0. The van der Waals surface area contributed by atoms with Gasteiger partial charge >= 0.3 is 11.9 Å². The minimum atomic E-state index is -1.15. The molecular weight excluding hydrogens is 674 g/mol. The molecule has 6 N–H and O–H groups in total. The normalized spacial score (nSPS) is 12.3. The number of Topliss-reactive ketones (excluding diaryl/α,β-unsaturated/α-hetero) is 2. The van der Waals surface area contributed by atoms with Gasteiger partial charge in [-0.2, -0.15) is 0 Å². The van der Waals surface area contributed by atoms with Gasteiger partial charge in [-0.3, -0.25) is 24.0 Å². The van der Waals surface area contributed by atoms with Crippen molar-refractivity contribution in [3.05, 3.63) is 0 Å². The number of aliphatic hydroxyl groups excluding tert-OH is 1. The summed E-state index contributed by atoms with van der Waals surface area (Å²) in [6.07, 6.45) is 18.5. The zero-order valence-electron chi connectivity index (χ0n) is 31.8. The van der Waals surface area contributed by atoms with E-state index in [1.54, 1.807) is 7.05 Å². The Morgan fingerprint density at radius 1 is 0.558 bits per heavy atom. The average molecular weight is 744 g/mol. The third-order valence-corrected chi connectivity index (χ3v) is 8.87. The molecule has 0 aromatic carbocycles. The van der Waals surface area contributed by atoms with Crippen LogP contribution in [-0.2, 0) is 38.2 Å². The Labute approximate surface area is 310 Å². The first kappa shape index (κ1) is 49.1. The highest BCUT2D eigenvalue weighted by Crippen LogP contribution is 2.14. The Morgan fingerprint density at radius 2 is 1.12 bits per heavy atom. The van der Waals surface area contributed by atoms with Gasteiger partial charge in [0.05, 0.1) is 19.3 Å². The van der Waals surface area contributed by atoms with Gasteiger partial charge in [-0.25, -0.2) is 4.79 Å². The van der Waals surface area contributed by atoms with Crippen LogP contribution in [0.5, 0.6) is 0 Å². The quantitative estimate of drug-likeness (QED) is 0.0481. The maximum Gasteiger partial charge on any atom is 0.326 e. The molecule has 52 heavy (non-hydrogen) atoms. The molecule has 14 heteroatoms.